The molecule has 0 radical (unpaired) electrons. The van der Waals surface area contributed by atoms with Crippen LogP contribution in [0.15, 0.2) is 37.0 Å². The summed E-state index contributed by atoms with van der Waals surface area (Å²) in [6.45, 7) is 14.1. The predicted octanol–water partition coefficient (Wildman–Crippen LogP) is 3.04. The summed E-state index contributed by atoms with van der Waals surface area (Å²) in [5, 5.41) is 21.9. The molecule has 0 saturated heterocycles. The smallest absolute Gasteiger partial charge is 0.160 e. The molecule has 0 heterocycles. The Morgan fingerprint density at radius 1 is 1.17 bits per heavy atom. The van der Waals surface area contributed by atoms with Crippen molar-refractivity contribution in [2.45, 2.75) is 52.2 Å². The molecule has 0 amide bonds. The van der Waals surface area contributed by atoms with Gasteiger partial charge in [-0.15, -0.1) is 6.58 Å². The molecule has 2 fully saturated rings. The van der Waals surface area contributed by atoms with Crippen molar-refractivity contribution in [1.82, 2.24) is 0 Å². The highest BCUT2D eigenvalue weighted by Gasteiger charge is 2.66. The summed E-state index contributed by atoms with van der Waals surface area (Å²) < 4.78 is 0. The third kappa shape index (κ3) is 1.99. The maximum Gasteiger partial charge on any atom is 0.160 e. The molecule has 7 unspecified atom stereocenters. The lowest BCUT2D eigenvalue weighted by molar-refractivity contribution is -0.196. The van der Waals surface area contributed by atoms with Gasteiger partial charge < -0.3 is 10.2 Å². The van der Waals surface area contributed by atoms with Crippen LogP contribution in [0.25, 0.3) is 0 Å². The second kappa shape index (κ2) is 4.90. The van der Waals surface area contributed by atoms with Gasteiger partial charge >= 0.3 is 0 Å². The first-order valence-electron chi connectivity index (χ1n) is 8.50. The molecule has 0 bridgehead atoms. The summed E-state index contributed by atoms with van der Waals surface area (Å²) in [5.41, 5.74) is -0.596. The molecule has 23 heavy (non-hydrogen) atoms. The molecule has 2 saturated carbocycles. The molecule has 3 heteroatoms. The second-order valence-corrected chi connectivity index (χ2v) is 8.57. The van der Waals surface area contributed by atoms with E-state index in [4.69, 9.17) is 0 Å². The Morgan fingerprint density at radius 2 is 1.83 bits per heavy atom. The normalized spacial score (nSPS) is 52.7. The number of hydrogen-bond donors (Lipinski definition) is 2. The number of carbonyl (C=O) groups excluding carboxylic acids is 1. The van der Waals surface area contributed by atoms with Gasteiger partial charge in [0.05, 0.1) is 12.2 Å². The van der Waals surface area contributed by atoms with Crippen LogP contribution in [-0.2, 0) is 4.79 Å². The van der Waals surface area contributed by atoms with E-state index in [1.165, 1.54) is 0 Å². The van der Waals surface area contributed by atoms with E-state index in [2.05, 4.69) is 20.1 Å². The van der Waals surface area contributed by atoms with E-state index in [0.29, 0.717) is 12.8 Å². The fourth-order valence-electron chi connectivity index (χ4n) is 5.54. The van der Waals surface area contributed by atoms with Gasteiger partial charge in [-0.1, -0.05) is 39.5 Å². The molecule has 3 aliphatic carbocycles. The molecule has 2 N–H and O–H groups in total. The molecular formula is C20H28O3. The van der Waals surface area contributed by atoms with Crippen molar-refractivity contribution in [3.8, 4) is 0 Å². The van der Waals surface area contributed by atoms with Gasteiger partial charge in [-0.25, -0.2) is 0 Å². The van der Waals surface area contributed by atoms with Gasteiger partial charge in [0, 0.05) is 16.7 Å². The van der Waals surface area contributed by atoms with Crippen LogP contribution in [0.5, 0.6) is 0 Å². The number of aliphatic hydroxyl groups is 2. The number of ketones is 1. The van der Waals surface area contributed by atoms with Gasteiger partial charge in [0.25, 0.3) is 0 Å². The maximum absolute atomic E-state index is 12.8. The van der Waals surface area contributed by atoms with Crippen LogP contribution in [0.1, 0.15) is 40.0 Å². The summed E-state index contributed by atoms with van der Waals surface area (Å²) in [5.74, 6) is -0.330. The highest BCUT2D eigenvalue weighted by Crippen LogP contribution is 2.65. The zero-order chi connectivity index (χ0) is 17.2. The first-order valence-corrected chi connectivity index (χ1v) is 8.50. The van der Waals surface area contributed by atoms with Crippen LogP contribution in [-0.4, -0.2) is 28.2 Å². The quantitative estimate of drug-likeness (QED) is 0.731. The third-order valence-electron chi connectivity index (χ3n) is 7.31. The Kier molecular flexibility index (Phi) is 3.55. The van der Waals surface area contributed by atoms with Crippen LogP contribution < -0.4 is 0 Å². The summed E-state index contributed by atoms with van der Waals surface area (Å²) in [7, 11) is 0. The van der Waals surface area contributed by atoms with Crippen molar-refractivity contribution in [2.24, 2.45) is 28.1 Å². The fraction of sp³-hybridized carbons (Fsp3) is 0.650. The molecular weight excluding hydrogens is 288 g/mol. The van der Waals surface area contributed by atoms with Crippen molar-refractivity contribution in [2.75, 3.05) is 0 Å². The zero-order valence-corrected chi connectivity index (χ0v) is 14.4. The number of carbonyl (C=O) groups is 1. The Hall–Kier alpha value is -1.19. The van der Waals surface area contributed by atoms with E-state index in [1.54, 1.807) is 12.2 Å². The van der Waals surface area contributed by atoms with Gasteiger partial charge in [0.1, 0.15) is 0 Å². The minimum atomic E-state index is -0.694. The average Bonchev–Trinajstić information content (AvgIpc) is 2.48. The molecule has 0 aromatic heterocycles. The van der Waals surface area contributed by atoms with E-state index in [-0.39, 0.29) is 17.1 Å². The van der Waals surface area contributed by atoms with Crippen molar-refractivity contribution in [1.29, 1.82) is 0 Å². The molecule has 0 aromatic rings. The average molecular weight is 316 g/mol. The second-order valence-electron chi connectivity index (χ2n) is 8.57. The molecule has 7 atom stereocenters. The first-order chi connectivity index (χ1) is 10.6. The Bertz CT molecular complexity index is 606. The minimum absolute atomic E-state index is 0.00686. The summed E-state index contributed by atoms with van der Waals surface area (Å²) >= 11 is 0. The minimum Gasteiger partial charge on any atom is -0.392 e. The molecule has 0 aliphatic heterocycles. The van der Waals surface area contributed by atoms with Crippen molar-refractivity contribution < 1.29 is 15.0 Å². The number of rotatable bonds is 1. The van der Waals surface area contributed by atoms with Crippen LogP contribution in [0.4, 0.5) is 0 Å². The summed E-state index contributed by atoms with van der Waals surface area (Å²) in [6.07, 6.45) is 6.04. The fourth-order valence-corrected chi connectivity index (χ4v) is 5.54. The van der Waals surface area contributed by atoms with Crippen LogP contribution >= 0.6 is 0 Å². The first kappa shape index (κ1) is 16.7. The summed E-state index contributed by atoms with van der Waals surface area (Å²) in [4.78, 5) is 12.8. The molecule has 0 spiro atoms. The molecule has 3 nitrogen and oxygen atoms in total. The predicted molar refractivity (Wildman–Crippen MR) is 90.6 cm³/mol. The van der Waals surface area contributed by atoms with Crippen LogP contribution in [0.2, 0.25) is 0 Å². The Labute approximate surface area is 138 Å². The molecule has 0 aromatic carbocycles. The van der Waals surface area contributed by atoms with Gasteiger partial charge in [-0.3, -0.25) is 4.79 Å². The highest BCUT2D eigenvalue weighted by molar-refractivity contribution is 5.95. The van der Waals surface area contributed by atoms with E-state index < -0.39 is 29.0 Å². The van der Waals surface area contributed by atoms with Gasteiger partial charge in [-0.05, 0) is 42.2 Å². The molecule has 3 aliphatic rings. The Morgan fingerprint density at radius 3 is 2.43 bits per heavy atom. The monoisotopic (exact) mass is 316 g/mol. The van der Waals surface area contributed by atoms with E-state index in [9.17, 15) is 15.0 Å². The maximum atomic E-state index is 12.8. The SMILES string of the molecule is C=CC1(C)CC(O)C2(C)C(CC(O)C3(C)C(=C)C=CC(=O)C32)C1. The molecule has 126 valence electrons. The lowest BCUT2D eigenvalue weighted by Crippen LogP contribution is -2.65. The largest absolute Gasteiger partial charge is 0.392 e. The zero-order valence-electron chi connectivity index (χ0n) is 14.4. The van der Waals surface area contributed by atoms with Crippen molar-refractivity contribution >= 4 is 5.78 Å². The van der Waals surface area contributed by atoms with Gasteiger partial charge in [-0.2, -0.15) is 0 Å². The van der Waals surface area contributed by atoms with Gasteiger partial charge in [0.2, 0.25) is 0 Å². The third-order valence-corrected chi connectivity index (χ3v) is 7.31. The topological polar surface area (TPSA) is 57.5 Å². The van der Waals surface area contributed by atoms with E-state index >= 15 is 0 Å². The van der Waals surface area contributed by atoms with Crippen LogP contribution in [0, 0.1) is 28.1 Å². The standard InChI is InChI=1S/C20H28O3/c1-6-18(3)10-13-9-15(22)19(4)12(2)7-8-14(21)17(19)20(13,5)16(23)11-18/h6-8,13,15-17,22-23H,1-2,9-11H2,3-5H3. The van der Waals surface area contributed by atoms with Gasteiger partial charge in [0.15, 0.2) is 5.78 Å². The van der Waals surface area contributed by atoms with E-state index in [1.807, 2.05) is 19.9 Å². The number of hydrogen-bond acceptors (Lipinski definition) is 3. The highest BCUT2D eigenvalue weighted by atomic mass is 16.3. The van der Waals surface area contributed by atoms with Crippen molar-refractivity contribution in [3.63, 3.8) is 0 Å². The van der Waals surface area contributed by atoms with E-state index in [0.717, 1.165) is 12.0 Å². The lowest BCUT2D eigenvalue weighted by Gasteiger charge is -2.63. The van der Waals surface area contributed by atoms with Crippen LogP contribution in [0.3, 0.4) is 0 Å². The van der Waals surface area contributed by atoms with Crippen molar-refractivity contribution in [3.05, 3.63) is 37.0 Å². The number of fused-ring (bicyclic) bond motifs is 3. The Balaban J connectivity index is 2.14. The number of allylic oxidation sites excluding steroid dienone is 3. The summed E-state index contributed by atoms with van der Waals surface area (Å²) in [6, 6.07) is 0. The molecule has 3 rings (SSSR count). The lowest BCUT2D eigenvalue weighted by atomic mass is 9.41. The number of aliphatic hydroxyl groups excluding tert-OH is 2.